The van der Waals surface area contributed by atoms with Crippen molar-refractivity contribution in [1.82, 2.24) is 4.98 Å². The Hall–Kier alpha value is -2.58. The SMILES string of the molecule is CC1(C)CCN(c2c(-c3ccc(F)c(F)c3)c(C=O)nc(Cl)c2C(OC(C)(C)C)C(=O)O)CC1. The zero-order valence-electron chi connectivity index (χ0n) is 19.9. The molecule has 1 N–H and O–H groups in total. The first-order chi connectivity index (χ1) is 15.7. The van der Waals surface area contributed by atoms with E-state index in [9.17, 15) is 23.5 Å². The van der Waals surface area contributed by atoms with Gasteiger partial charge in [0, 0.05) is 18.7 Å². The molecule has 1 unspecified atom stereocenters. The van der Waals surface area contributed by atoms with Gasteiger partial charge in [0.1, 0.15) is 10.8 Å². The number of piperidine rings is 1. The van der Waals surface area contributed by atoms with Crippen molar-refractivity contribution in [3.8, 4) is 11.1 Å². The average molecular weight is 495 g/mol. The van der Waals surface area contributed by atoms with Crippen LogP contribution in [0.25, 0.3) is 11.1 Å². The summed E-state index contributed by atoms with van der Waals surface area (Å²) in [5, 5.41) is 9.89. The van der Waals surface area contributed by atoms with E-state index in [0.717, 1.165) is 25.0 Å². The second kappa shape index (κ2) is 9.58. The summed E-state index contributed by atoms with van der Waals surface area (Å²) in [7, 11) is 0. The number of ether oxygens (including phenoxy) is 1. The maximum Gasteiger partial charge on any atom is 0.337 e. The van der Waals surface area contributed by atoms with Gasteiger partial charge in [-0.05, 0) is 56.7 Å². The van der Waals surface area contributed by atoms with Crippen LogP contribution in [0, 0.1) is 17.0 Å². The summed E-state index contributed by atoms with van der Waals surface area (Å²) in [5.74, 6) is -3.43. The first-order valence-corrected chi connectivity index (χ1v) is 11.4. The van der Waals surface area contributed by atoms with E-state index in [1.54, 1.807) is 20.8 Å². The van der Waals surface area contributed by atoms with Crippen molar-refractivity contribution in [2.45, 2.75) is 59.2 Å². The molecule has 0 amide bonds. The highest BCUT2D eigenvalue weighted by molar-refractivity contribution is 6.31. The smallest absolute Gasteiger partial charge is 0.337 e. The lowest BCUT2D eigenvalue weighted by Crippen LogP contribution is -2.39. The lowest BCUT2D eigenvalue weighted by molar-refractivity contribution is -0.160. The molecule has 0 aliphatic carbocycles. The molecule has 184 valence electrons. The van der Waals surface area contributed by atoms with Gasteiger partial charge in [-0.1, -0.05) is 31.5 Å². The Morgan fingerprint density at radius 3 is 2.35 bits per heavy atom. The predicted molar refractivity (Wildman–Crippen MR) is 126 cm³/mol. The molecule has 1 aliphatic rings. The van der Waals surface area contributed by atoms with Crippen LogP contribution in [0.5, 0.6) is 0 Å². The van der Waals surface area contributed by atoms with E-state index in [1.165, 1.54) is 6.07 Å². The fraction of sp³-hybridized carbons (Fsp3) is 0.480. The third-order valence-corrected chi connectivity index (χ3v) is 6.19. The van der Waals surface area contributed by atoms with Crippen LogP contribution >= 0.6 is 11.6 Å². The third-order valence-electron chi connectivity index (χ3n) is 5.90. The second-order valence-corrected chi connectivity index (χ2v) is 10.6. The summed E-state index contributed by atoms with van der Waals surface area (Å²) in [5.41, 5.74) is -0.0900. The van der Waals surface area contributed by atoms with Crippen molar-refractivity contribution >= 4 is 29.5 Å². The van der Waals surface area contributed by atoms with Crippen molar-refractivity contribution in [3.63, 3.8) is 0 Å². The molecule has 1 aromatic carbocycles. The molecule has 6 nitrogen and oxygen atoms in total. The quantitative estimate of drug-likeness (QED) is 0.388. The minimum Gasteiger partial charge on any atom is -0.479 e. The fourth-order valence-corrected chi connectivity index (χ4v) is 4.36. The molecule has 9 heteroatoms. The van der Waals surface area contributed by atoms with Gasteiger partial charge >= 0.3 is 5.97 Å². The van der Waals surface area contributed by atoms with E-state index >= 15 is 0 Å². The minimum atomic E-state index is -1.50. The number of aldehydes is 1. The molecule has 2 heterocycles. The molecule has 1 atom stereocenters. The van der Waals surface area contributed by atoms with Crippen molar-refractivity contribution in [2.24, 2.45) is 5.41 Å². The number of carboxylic acid groups (broad SMARTS) is 1. The Morgan fingerprint density at radius 1 is 1.24 bits per heavy atom. The fourth-order valence-electron chi connectivity index (χ4n) is 4.08. The van der Waals surface area contributed by atoms with E-state index < -0.39 is 29.3 Å². The van der Waals surface area contributed by atoms with Gasteiger partial charge in [-0.3, -0.25) is 4.79 Å². The number of pyridine rings is 1. The van der Waals surface area contributed by atoms with E-state index in [4.69, 9.17) is 16.3 Å². The van der Waals surface area contributed by atoms with Crippen molar-refractivity contribution < 1.29 is 28.2 Å². The molecule has 1 saturated heterocycles. The number of carbonyl (C=O) groups excluding carboxylic acids is 1. The normalized spacial score (nSPS) is 16.9. The lowest BCUT2D eigenvalue weighted by atomic mass is 9.82. The molecule has 3 rings (SSSR count). The van der Waals surface area contributed by atoms with Gasteiger partial charge in [0.05, 0.1) is 16.9 Å². The molecule has 0 spiro atoms. The average Bonchev–Trinajstić information content (AvgIpc) is 2.73. The largest absolute Gasteiger partial charge is 0.479 e. The molecule has 0 radical (unpaired) electrons. The Morgan fingerprint density at radius 2 is 1.85 bits per heavy atom. The predicted octanol–water partition coefficient (Wildman–Crippen LogP) is 6.06. The topological polar surface area (TPSA) is 79.7 Å². The molecule has 2 aromatic rings. The highest BCUT2D eigenvalue weighted by Crippen LogP contribution is 2.46. The highest BCUT2D eigenvalue weighted by Gasteiger charge is 2.37. The summed E-state index contributed by atoms with van der Waals surface area (Å²) in [6, 6.07) is 3.25. The van der Waals surface area contributed by atoms with Crippen LogP contribution in [-0.4, -0.2) is 41.0 Å². The van der Waals surface area contributed by atoms with Crippen molar-refractivity contribution in [2.75, 3.05) is 18.0 Å². The molecule has 1 fully saturated rings. The minimum absolute atomic E-state index is 0.0667. The second-order valence-electron chi connectivity index (χ2n) is 10.3. The van der Waals surface area contributed by atoms with Gasteiger partial charge in [0.15, 0.2) is 24.0 Å². The number of hydrogen-bond donors (Lipinski definition) is 1. The summed E-state index contributed by atoms with van der Waals surface area (Å²) < 4.78 is 33.8. The molecule has 0 bridgehead atoms. The maximum absolute atomic E-state index is 14.2. The summed E-state index contributed by atoms with van der Waals surface area (Å²) in [6.07, 6.45) is 0.550. The zero-order chi connectivity index (χ0) is 25.4. The van der Waals surface area contributed by atoms with Crippen LogP contribution in [0.15, 0.2) is 18.2 Å². The maximum atomic E-state index is 14.2. The Kier molecular flexibility index (Phi) is 7.34. The number of carbonyl (C=O) groups is 2. The first kappa shape index (κ1) is 26.0. The van der Waals surface area contributed by atoms with E-state index in [0.29, 0.717) is 25.1 Å². The standard InChI is InChI=1S/C25H29ClF2N2O4/c1-24(2,3)34-21(23(32)33)19-20(30-10-8-25(4,5)9-11-30)18(17(13-31)29-22(19)26)14-6-7-15(27)16(28)12-14/h6-7,12-13,21H,8-11H2,1-5H3,(H,32,33). The number of benzene rings is 1. The number of carboxylic acids is 1. The number of anilines is 1. The van der Waals surface area contributed by atoms with E-state index in [1.807, 2.05) is 4.90 Å². The van der Waals surface area contributed by atoms with Gasteiger partial charge in [-0.25, -0.2) is 18.6 Å². The molecule has 0 saturated carbocycles. The summed E-state index contributed by atoms with van der Waals surface area (Å²) >= 11 is 6.50. The van der Waals surface area contributed by atoms with E-state index in [2.05, 4.69) is 18.8 Å². The van der Waals surface area contributed by atoms with Gasteiger partial charge in [-0.15, -0.1) is 0 Å². The number of nitrogens with zero attached hydrogens (tertiary/aromatic N) is 2. The number of aromatic nitrogens is 1. The Labute approximate surface area is 202 Å². The Bertz CT molecular complexity index is 1110. The van der Waals surface area contributed by atoms with Crippen molar-refractivity contribution in [1.29, 1.82) is 0 Å². The number of aliphatic carboxylic acids is 1. The van der Waals surface area contributed by atoms with Crippen LogP contribution in [0.2, 0.25) is 5.15 Å². The summed E-state index contributed by atoms with van der Waals surface area (Å²) in [6.45, 7) is 10.5. The zero-order valence-corrected chi connectivity index (χ0v) is 20.7. The Balaban J connectivity index is 2.37. The number of rotatable bonds is 6. The molecular formula is C25H29ClF2N2O4. The van der Waals surface area contributed by atoms with Gasteiger partial charge in [0.2, 0.25) is 0 Å². The third kappa shape index (κ3) is 5.55. The molecule has 1 aromatic heterocycles. The summed E-state index contributed by atoms with van der Waals surface area (Å²) in [4.78, 5) is 30.5. The van der Waals surface area contributed by atoms with Gasteiger partial charge < -0.3 is 14.7 Å². The first-order valence-electron chi connectivity index (χ1n) is 11.0. The van der Waals surface area contributed by atoms with Crippen molar-refractivity contribution in [3.05, 3.63) is 46.2 Å². The van der Waals surface area contributed by atoms with E-state index in [-0.39, 0.29) is 33.0 Å². The molecule has 1 aliphatic heterocycles. The van der Waals surface area contributed by atoms with Gasteiger partial charge in [-0.2, -0.15) is 0 Å². The highest BCUT2D eigenvalue weighted by atomic mass is 35.5. The van der Waals surface area contributed by atoms with Gasteiger partial charge in [0.25, 0.3) is 0 Å². The number of hydrogen-bond acceptors (Lipinski definition) is 5. The monoisotopic (exact) mass is 494 g/mol. The van der Waals surface area contributed by atoms with Crippen LogP contribution in [-0.2, 0) is 9.53 Å². The van der Waals surface area contributed by atoms with Crippen LogP contribution < -0.4 is 4.90 Å². The molecule has 34 heavy (non-hydrogen) atoms. The molecular weight excluding hydrogens is 466 g/mol. The lowest BCUT2D eigenvalue weighted by Gasteiger charge is -2.41. The van der Waals surface area contributed by atoms with Crippen LogP contribution in [0.3, 0.4) is 0 Å². The van der Waals surface area contributed by atoms with Crippen LogP contribution in [0.1, 0.15) is 69.6 Å². The number of halogens is 3. The van der Waals surface area contributed by atoms with Crippen LogP contribution in [0.4, 0.5) is 14.5 Å².